The Balaban J connectivity index is 2.03. The summed E-state index contributed by atoms with van der Waals surface area (Å²) in [5, 5.41) is 11.6. The molecule has 0 saturated carbocycles. The minimum Gasteiger partial charge on any atom is -0.395 e. The second kappa shape index (κ2) is 9.15. The number of likely N-dealkylation sites (N-methyl/N-ethyl adjacent to an activating group) is 1. The molecule has 1 saturated heterocycles. The number of nitrogens with one attached hydrogen (secondary N) is 1. The van der Waals surface area contributed by atoms with E-state index in [1.807, 2.05) is 0 Å². The van der Waals surface area contributed by atoms with E-state index < -0.39 is 0 Å². The van der Waals surface area contributed by atoms with Crippen LogP contribution in [-0.4, -0.2) is 66.8 Å². The van der Waals surface area contributed by atoms with Crippen LogP contribution >= 0.6 is 0 Å². The molecule has 0 radical (unpaired) electrons. The van der Waals surface area contributed by atoms with Gasteiger partial charge in [-0.25, -0.2) is 4.79 Å². The number of aliphatic hydroxyl groups excluding tert-OH is 1. The van der Waals surface area contributed by atoms with Crippen LogP contribution in [0.3, 0.4) is 0 Å². The van der Waals surface area contributed by atoms with E-state index >= 15 is 0 Å². The van der Waals surface area contributed by atoms with Crippen molar-refractivity contribution in [3.8, 4) is 0 Å². The predicted molar refractivity (Wildman–Crippen MR) is 77.2 cm³/mol. The van der Waals surface area contributed by atoms with Crippen LogP contribution < -0.4 is 5.32 Å². The number of hydrogen-bond donors (Lipinski definition) is 2. The molecule has 1 unspecified atom stereocenters. The highest BCUT2D eigenvalue weighted by atomic mass is 16.3. The van der Waals surface area contributed by atoms with E-state index in [0.717, 1.165) is 32.0 Å². The van der Waals surface area contributed by atoms with Gasteiger partial charge in [0.05, 0.1) is 6.61 Å². The van der Waals surface area contributed by atoms with Gasteiger partial charge in [0.15, 0.2) is 0 Å². The molecule has 1 fully saturated rings. The maximum atomic E-state index is 11.5. The number of hydrogen-bond acceptors (Lipinski definition) is 3. The molecule has 1 aliphatic rings. The molecule has 19 heavy (non-hydrogen) atoms. The summed E-state index contributed by atoms with van der Waals surface area (Å²) in [5.41, 5.74) is 0. The van der Waals surface area contributed by atoms with Gasteiger partial charge < -0.3 is 20.2 Å². The summed E-state index contributed by atoms with van der Waals surface area (Å²) in [6, 6.07) is 0.624. The Morgan fingerprint density at radius 3 is 2.89 bits per heavy atom. The molecule has 5 nitrogen and oxygen atoms in total. The standard InChI is InChI=1S/C14H29N3O2/c1-13-7-3-5-9-17(13)10-6-4-8-15-14(19)16(2)11-12-18/h13,18H,3-12H2,1-2H3,(H,15,19). The summed E-state index contributed by atoms with van der Waals surface area (Å²) in [5.74, 6) is 0. The van der Waals surface area contributed by atoms with Crippen molar-refractivity contribution >= 4 is 6.03 Å². The summed E-state index contributed by atoms with van der Waals surface area (Å²) < 4.78 is 0. The molecule has 0 aromatic carbocycles. The zero-order chi connectivity index (χ0) is 14.1. The molecule has 2 N–H and O–H groups in total. The van der Waals surface area contributed by atoms with Crippen molar-refractivity contribution < 1.29 is 9.90 Å². The summed E-state index contributed by atoms with van der Waals surface area (Å²) in [7, 11) is 1.70. The minimum absolute atomic E-state index is 0.0107. The van der Waals surface area contributed by atoms with E-state index in [2.05, 4.69) is 17.1 Å². The average molecular weight is 271 g/mol. The lowest BCUT2D eigenvalue weighted by atomic mass is 10.0. The summed E-state index contributed by atoms with van der Waals surface area (Å²) >= 11 is 0. The number of rotatable bonds is 7. The average Bonchev–Trinajstić information content (AvgIpc) is 2.40. The molecule has 0 spiro atoms. The first kappa shape index (κ1) is 16.2. The van der Waals surface area contributed by atoms with Crippen molar-refractivity contribution in [2.45, 2.75) is 45.1 Å². The molecule has 0 bridgehead atoms. The van der Waals surface area contributed by atoms with Crippen molar-refractivity contribution in [2.75, 3.05) is 39.8 Å². The van der Waals surface area contributed by atoms with Crippen LogP contribution in [0.15, 0.2) is 0 Å². The smallest absolute Gasteiger partial charge is 0.317 e. The Kier molecular flexibility index (Phi) is 7.82. The van der Waals surface area contributed by atoms with Crippen LogP contribution in [0, 0.1) is 0 Å². The number of likely N-dealkylation sites (tertiary alicyclic amines) is 1. The monoisotopic (exact) mass is 271 g/mol. The third-order valence-electron chi connectivity index (χ3n) is 3.87. The number of unbranched alkanes of at least 4 members (excludes halogenated alkanes) is 1. The molecule has 0 aliphatic carbocycles. The highest BCUT2D eigenvalue weighted by Gasteiger charge is 2.17. The van der Waals surface area contributed by atoms with E-state index in [4.69, 9.17) is 5.11 Å². The summed E-state index contributed by atoms with van der Waals surface area (Å²) in [6.45, 7) is 5.80. The number of nitrogens with zero attached hydrogens (tertiary/aromatic N) is 2. The lowest BCUT2D eigenvalue weighted by molar-refractivity contribution is 0.157. The van der Waals surface area contributed by atoms with E-state index in [1.54, 1.807) is 7.05 Å². The first-order chi connectivity index (χ1) is 9.15. The quantitative estimate of drug-likeness (QED) is 0.686. The molecule has 1 atom stereocenters. The SMILES string of the molecule is CC1CCCCN1CCCCNC(=O)N(C)CCO. The maximum absolute atomic E-state index is 11.5. The van der Waals surface area contributed by atoms with Gasteiger partial charge in [-0.1, -0.05) is 6.42 Å². The zero-order valence-electron chi connectivity index (χ0n) is 12.4. The van der Waals surface area contributed by atoms with Gasteiger partial charge in [-0.3, -0.25) is 0 Å². The van der Waals surface area contributed by atoms with Gasteiger partial charge in [-0.15, -0.1) is 0 Å². The Morgan fingerprint density at radius 2 is 2.21 bits per heavy atom. The van der Waals surface area contributed by atoms with Crippen molar-refractivity contribution in [3.05, 3.63) is 0 Å². The summed E-state index contributed by atoms with van der Waals surface area (Å²) in [6.07, 6.45) is 6.16. The second-order valence-electron chi connectivity index (χ2n) is 5.46. The number of urea groups is 1. The zero-order valence-corrected chi connectivity index (χ0v) is 12.4. The molecule has 2 amide bonds. The fourth-order valence-electron chi connectivity index (χ4n) is 2.51. The van der Waals surface area contributed by atoms with E-state index in [1.165, 1.54) is 30.7 Å². The molecule has 0 aromatic rings. The number of piperidine rings is 1. The van der Waals surface area contributed by atoms with Crippen LogP contribution in [0.2, 0.25) is 0 Å². The van der Waals surface area contributed by atoms with Crippen LogP contribution in [-0.2, 0) is 0 Å². The molecule has 0 aromatic heterocycles. The van der Waals surface area contributed by atoms with Crippen LogP contribution in [0.4, 0.5) is 4.79 Å². The molecular weight excluding hydrogens is 242 g/mol. The minimum atomic E-state index is -0.0969. The van der Waals surface area contributed by atoms with Gasteiger partial charge in [-0.2, -0.15) is 0 Å². The Bertz CT molecular complexity index is 261. The molecule has 112 valence electrons. The fourth-order valence-corrected chi connectivity index (χ4v) is 2.51. The summed E-state index contributed by atoms with van der Waals surface area (Å²) in [4.78, 5) is 15.6. The normalized spacial score (nSPS) is 20.3. The number of carbonyl (C=O) groups is 1. The van der Waals surface area contributed by atoms with Crippen LogP contribution in [0.25, 0.3) is 0 Å². The number of carbonyl (C=O) groups excluding carboxylic acids is 1. The molecule has 1 heterocycles. The highest BCUT2D eigenvalue weighted by Crippen LogP contribution is 2.16. The second-order valence-corrected chi connectivity index (χ2v) is 5.46. The fraction of sp³-hybridized carbons (Fsp3) is 0.929. The van der Waals surface area contributed by atoms with E-state index in [-0.39, 0.29) is 12.6 Å². The largest absolute Gasteiger partial charge is 0.395 e. The van der Waals surface area contributed by atoms with Crippen LogP contribution in [0.5, 0.6) is 0 Å². The molecule has 1 rings (SSSR count). The molecular formula is C14H29N3O2. The van der Waals surface area contributed by atoms with Gasteiger partial charge >= 0.3 is 6.03 Å². The van der Waals surface area contributed by atoms with E-state index in [9.17, 15) is 4.79 Å². The van der Waals surface area contributed by atoms with Gasteiger partial charge in [0.25, 0.3) is 0 Å². The van der Waals surface area contributed by atoms with Gasteiger partial charge in [0.1, 0.15) is 0 Å². The third-order valence-corrected chi connectivity index (χ3v) is 3.87. The van der Waals surface area contributed by atoms with Gasteiger partial charge in [0, 0.05) is 26.2 Å². The van der Waals surface area contributed by atoms with Crippen molar-refractivity contribution in [2.24, 2.45) is 0 Å². The molecule has 1 aliphatic heterocycles. The van der Waals surface area contributed by atoms with Crippen molar-refractivity contribution in [1.82, 2.24) is 15.1 Å². The number of aliphatic hydroxyl groups is 1. The van der Waals surface area contributed by atoms with E-state index in [0.29, 0.717) is 6.54 Å². The van der Waals surface area contributed by atoms with Crippen molar-refractivity contribution in [1.29, 1.82) is 0 Å². The van der Waals surface area contributed by atoms with Gasteiger partial charge in [0.2, 0.25) is 0 Å². The lowest BCUT2D eigenvalue weighted by Gasteiger charge is -2.33. The Morgan fingerprint density at radius 1 is 1.42 bits per heavy atom. The highest BCUT2D eigenvalue weighted by molar-refractivity contribution is 5.73. The topological polar surface area (TPSA) is 55.8 Å². The molecule has 5 heteroatoms. The first-order valence-electron chi connectivity index (χ1n) is 7.49. The Hall–Kier alpha value is -0.810. The first-order valence-corrected chi connectivity index (χ1v) is 7.49. The third kappa shape index (κ3) is 6.25. The van der Waals surface area contributed by atoms with Gasteiger partial charge in [-0.05, 0) is 45.7 Å². The predicted octanol–water partition coefficient (Wildman–Crippen LogP) is 1.27. The number of amides is 2. The van der Waals surface area contributed by atoms with Crippen LogP contribution in [0.1, 0.15) is 39.0 Å². The van der Waals surface area contributed by atoms with Crippen molar-refractivity contribution in [3.63, 3.8) is 0 Å². The maximum Gasteiger partial charge on any atom is 0.317 e. The lowest BCUT2D eigenvalue weighted by Crippen LogP contribution is -2.40. The Labute approximate surface area is 117 Å².